The van der Waals surface area contributed by atoms with Gasteiger partial charge in [0.25, 0.3) is 0 Å². The van der Waals surface area contributed by atoms with Crippen LogP contribution in [0.4, 0.5) is 0 Å². The Labute approximate surface area is 210 Å². The number of hydrogen-bond donors (Lipinski definition) is 1. The van der Waals surface area contributed by atoms with E-state index in [4.69, 9.17) is 14.2 Å². The molecule has 4 aromatic carbocycles. The molecule has 0 amide bonds. The molecule has 0 aromatic heterocycles. The first kappa shape index (κ1) is 23.6. The van der Waals surface area contributed by atoms with E-state index in [9.17, 15) is 9.90 Å². The van der Waals surface area contributed by atoms with E-state index in [-0.39, 0.29) is 12.6 Å². The highest BCUT2D eigenvalue weighted by Crippen LogP contribution is 2.44. The normalized spacial score (nSPS) is 14.6. The second kappa shape index (κ2) is 10.7. The van der Waals surface area contributed by atoms with E-state index < -0.39 is 17.9 Å². The number of aliphatic hydroxyl groups excluding tert-OH is 1. The zero-order valence-corrected chi connectivity index (χ0v) is 20.0. The Bertz CT molecular complexity index is 1320. The summed E-state index contributed by atoms with van der Waals surface area (Å²) in [4.78, 5) is 13.2. The van der Waals surface area contributed by atoms with Crippen LogP contribution in [0.1, 0.15) is 41.2 Å². The van der Waals surface area contributed by atoms with Gasteiger partial charge in [-0.25, -0.2) is 0 Å². The topological polar surface area (TPSA) is 65.0 Å². The number of para-hydroxylation sites is 1. The maximum atomic E-state index is 13.2. The van der Waals surface area contributed by atoms with Crippen molar-refractivity contribution >= 4 is 5.78 Å². The SMILES string of the molecule is CC(=O)C(C(O)c1ccc2c(c1)OCO2)[C@@H](c1ccccc1)c1ccccc1OCc1ccccc1. The van der Waals surface area contributed by atoms with Crippen molar-refractivity contribution in [1.82, 2.24) is 0 Å². The van der Waals surface area contributed by atoms with Crippen LogP contribution in [0.25, 0.3) is 0 Å². The minimum atomic E-state index is -1.07. The minimum absolute atomic E-state index is 0.119. The molecular formula is C31H28O5. The molecule has 1 aliphatic rings. The quantitative estimate of drug-likeness (QED) is 0.315. The Morgan fingerprint density at radius 3 is 2.25 bits per heavy atom. The number of ketones is 1. The Morgan fingerprint density at radius 2 is 1.50 bits per heavy atom. The predicted octanol–water partition coefficient (Wildman–Crippen LogP) is 6.07. The highest BCUT2D eigenvalue weighted by molar-refractivity contribution is 5.81. The summed E-state index contributed by atoms with van der Waals surface area (Å²) in [5.74, 6) is 0.567. The molecule has 1 N–H and O–H groups in total. The maximum Gasteiger partial charge on any atom is 0.231 e. The zero-order valence-electron chi connectivity index (χ0n) is 20.0. The first-order valence-electron chi connectivity index (χ1n) is 12.0. The summed E-state index contributed by atoms with van der Waals surface area (Å²) in [5.41, 5.74) is 3.42. The number of benzene rings is 4. The number of rotatable bonds is 9. The van der Waals surface area contributed by atoms with Crippen molar-refractivity contribution in [3.63, 3.8) is 0 Å². The molecule has 1 aliphatic heterocycles. The Morgan fingerprint density at radius 1 is 0.833 bits per heavy atom. The average molecular weight is 481 g/mol. The van der Waals surface area contributed by atoms with Crippen LogP contribution in [-0.2, 0) is 11.4 Å². The van der Waals surface area contributed by atoms with E-state index in [2.05, 4.69) is 0 Å². The van der Waals surface area contributed by atoms with Gasteiger partial charge in [-0.05, 0) is 41.8 Å². The van der Waals surface area contributed by atoms with Crippen molar-refractivity contribution in [2.45, 2.75) is 25.6 Å². The van der Waals surface area contributed by atoms with Crippen LogP contribution in [0.5, 0.6) is 17.2 Å². The number of hydrogen-bond acceptors (Lipinski definition) is 5. The fraction of sp³-hybridized carbons (Fsp3) is 0.194. The van der Waals surface area contributed by atoms with Crippen molar-refractivity contribution in [3.05, 3.63) is 125 Å². The molecule has 2 unspecified atom stereocenters. The van der Waals surface area contributed by atoms with Crippen molar-refractivity contribution in [1.29, 1.82) is 0 Å². The lowest BCUT2D eigenvalue weighted by Gasteiger charge is -2.31. The highest BCUT2D eigenvalue weighted by atomic mass is 16.7. The summed E-state index contributed by atoms with van der Waals surface area (Å²) >= 11 is 0. The fourth-order valence-corrected chi connectivity index (χ4v) is 4.79. The summed E-state index contributed by atoms with van der Waals surface area (Å²) in [6, 6.07) is 32.8. The van der Waals surface area contributed by atoms with E-state index in [0.29, 0.717) is 29.4 Å². The predicted molar refractivity (Wildman–Crippen MR) is 137 cm³/mol. The third-order valence-electron chi connectivity index (χ3n) is 6.56. The molecular weight excluding hydrogens is 452 g/mol. The molecule has 0 fully saturated rings. The standard InChI is InChI=1S/C31H28O5/c1-21(32)29(31(33)24-16-17-27-28(18-24)36-20-35-27)30(23-12-6-3-7-13-23)25-14-8-9-15-26(25)34-19-22-10-4-2-5-11-22/h2-18,29-31,33H,19-20H2,1H3/t29?,30-,31?/m0/s1. The molecule has 5 rings (SSSR count). The minimum Gasteiger partial charge on any atom is -0.489 e. The summed E-state index contributed by atoms with van der Waals surface area (Å²) in [6.45, 7) is 2.07. The number of fused-ring (bicyclic) bond motifs is 1. The molecule has 0 saturated carbocycles. The van der Waals surface area contributed by atoms with E-state index in [1.54, 1.807) is 18.2 Å². The molecule has 5 nitrogen and oxygen atoms in total. The third kappa shape index (κ3) is 4.97. The first-order valence-corrected chi connectivity index (χ1v) is 12.0. The van der Waals surface area contributed by atoms with Crippen LogP contribution in [0.15, 0.2) is 103 Å². The van der Waals surface area contributed by atoms with Gasteiger partial charge < -0.3 is 19.3 Å². The van der Waals surface area contributed by atoms with Gasteiger partial charge >= 0.3 is 0 Å². The highest BCUT2D eigenvalue weighted by Gasteiger charge is 2.37. The molecule has 0 spiro atoms. The molecule has 3 atom stereocenters. The number of aliphatic hydroxyl groups is 1. The summed E-state index contributed by atoms with van der Waals surface area (Å²) in [5, 5.41) is 11.6. The zero-order chi connectivity index (χ0) is 24.9. The summed E-state index contributed by atoms with van der Waals surface area (Å²) in [7, 11) is 0. The number of carbonyl (C=O) groups is 1. The monoisotopic (exact) mass is 480 g/mol. The number of carbonyl (C=O) groups excluding carboxylic acids is 1. The lowest BCUT2D eigenvalue weighted by Crippen LogP contribution is -2.28. The van der Waals surface area contributed by atoms with Crippen molar-refractivity contribution in [2.24, 2.45) is 5.92 Å². The second-order valence-electron chi connectivity index (χ2n) is 8.89. The molecule has 0 radical (unpaired) electrons. The van der Waals surface area contributed by atoms with Crippen LogP contribution in [0.3, 0.4) is 0 Å². The summed E-state index contributed by atoms with van der Waals surface area (Å²) in [6.07, 6.45) is -1.07. The van der Waals surface area contributed by atoms with E-state index >= 15 is 0 Å². The van der Waals surface area contributed by atoms with Crippen LogP contribution in [0, 0.1) is 5.92 Å². The molecule has 1 heterocycles. The van der Waals surface area contributed by atoms with Crippen molar-refractivity contribution < 1.29 is 24.1 Å². The van der Waals surface area contributed by atoms with Gasteiger partial charge in [-0.2, -0.15) is 0 Å². The van der Waals surface area contributed by atoms with Gasteiger partial charge in [0.15, 0.2) is 11.5 Å². The van der Waals surface area contributed by atoms with Crippen LogP contribution in [0.2, 0.25) is 0 Å². The van der Waals surface area contributed by atoms with Gasteiger partial charge in [0.2, 0.25) is 6.79 Å². The molecule has 4 aromatic rings. The van der Waals surface area contributed by atoms with Crippen molar-refractivity contribution in [2.75, 3.05) is 6.79 Å². The number of Topliss-reactive ketones (excluding diaryl/α,β-unsaturated/α-hetero) is 1. The van der Waals surface area contributed by atoms with E-state index in [0.717, 1.165) is 16.7 Å². The van der Waals surface area contributed by atoms with Crippen LogP contribution >= 0.6 is 0 Å². The largest absolute Gasteiger partial charge is 0.489 e. The smallest absolute Gasteiger partial charge is 0.231 e. The lowest BCUT2D eigenvalue weighted by atomic mass is 9.74. The molecule has 5 heteroatoms. The molecule has 0 bridgehead atoms. The number of ether oxygens (including phenoxy) is 3. The molecule has 0 aliphatic carbocycles. The van der Waals surface area contributed by atoms with Gasteiger partial charge in [-0.1, -0.05) is 84.9 Å². The van der Waals surface area contributed by atoms with Crippen molar-refractivity contribution in [3.8, 4) is 17.2 Å². The Kier molecular flexibility index (Phi) is 7.01. The fourth-order valence-electron chi connectivity index (χ4n) is 4.79. The van der Waals surface area contributed by atoms with Gasteiger partial charge in [0.1, 0.15) is 18.1 Å². The van der Waals surface area contributed by atoms with E-state index in [1.807, 2.05) is 84.9 Å². The second-order valence-corrected chi connectivity index (χ2v) is 8.89. The Hall–Kier alpha value is -4.09. The summed E-state index contributed by atoms with van der Waals surface area (Å²) < 4.78 is 17.2. The molecule has 0 saturated heterocycles. The maximum absolute atomic E-state index is 13.2. The van der Waals surface area contributed by atoms with Gasteiger partial charge in [0, 0.05) is 11.5 Å². The first-order chi connectivity index (χ1) is 17.6. The average Bonchev–Trinajstić information content (AvgIpc) is 3.39. The van der Waals surface area contributed by atoms with Gasteiger partial charge in [0.05, 0.1) is 12.0 Å². The van der Waals surface area contributed by atoms with Crippen LogP contribution in [-0.4, -0.2) is 17.7 Å². The Balaban J connectivity index is 1.56. The van der Waals surface area contributed by atoms with E-state index in [1.165, 1.54) is 6.92 Å². The third-order valence-corrected chi connectivity index (χ3v) is 6.56. The van der Waals surface area contributed by atoms with Gasteiger partial charge in [-0.3, -0.25) is 4.79 Å². The molecule has 182 valence electrons. The van der Waals surface area contributed by atoms with Crippen LogP contribution < -0.4 is 14.2 Å². The van der Waals surface area contributed by atoms with Gasteiger partial charge in [-0.15, -0.1) is 0 Å². The lowest BCUT2D eigenvalue weighted by molar-refractivity contribution is -0.125. The molecule has 36 heavy (non-hydrogen) atoms.